The van der Waals surface area contributed by atoms with Crippen LogP contribution in [-0.4, -0.2) is 24.3 Å². The summed E-state index contributed by atoms with van der Waals surface area (Å²) in [6.45, 7) is 0.804. The largest absolute Gasteiger partial charge is 0.492 e. The Hall–Kier alpha value is -3.08. The second kappa shape index (κ2) is 7.00. The highest BCUT2D eigenvalue weighted by Crippen LogP contribution is 2.13. The molecule has 0 amide bonds. The molecule has 5 nitrogen and oxygen atoms in total. The van der Waals surface area contributed by atoms with Crippen LogP contribution >= 0.6 is 0 Å². The van der Waals surface area contributed by atoms with Gasteiger partial charge in [-0.05, 0) is 35.7 Å². The van der Waals surface area contributed by atoms with E-state index in [-0.39, 0.29) is 5.56 Å². The molecule has 0 aliphatic rings. The molecule has 0 N–H and O–H groups in total. The van der Waals surface area contributed by atoms with Gasteiger partial charge in [-0.15, -0.1) is 0 Å². The number of fused-ring (bicyclic) bond motifs is 1. The van der Waals surface area contributed by atoms with Crippen LogP contribution in [0, 0.1) is 0 Å². The maximum Gasteiger partial charge on any atom is 0.337 e. The number of carbonyl (C=O) groups is 1. The van der Waals surface area contributed by atoms with Crippen molar-refractivity contribution in [3.05, 3.63) is 76.7 Å². The van der Waals surface area contributed by atoms with Gasteiger partial charge in [-0.1, -0.05) is 24.3 Å². The summed E-state index contributed by atoms with van der Waals surface area (Å²) >= 11 is 0. The Morgan fingerprint density at radius 2 is 1.88 bits per heavy atom. The summed E-state index contributed by atoms with van der Waals surface area (Å²) < 4.78 is 11.9. The van der Waals surface area contributed by atoms with Crippen molar-refractivity contribution in [2.45, 2.75) is 6.54 Å². The highest BCUT2D eigenvalue weighted by atomic mass is 16.5. The normalized spacial score (nSPS) is 10.5. The second-order valence-electron chi connectivity index (χ2n) is 5.27. The maximum absolute atomic E-state index is 12.6. The summed E-state index contributed by atoms with van der Waals surface area (Å²) in [7, 11) is 1.32. The average molecular weight is 323 g/mol. The van der Waals surface area contributed by atoms with Crippen molar-refractivity contribution >= 4 is 16.7 Å². The molecule has 1 aromatic heterocycles. The van der Waals surface area contributed by atoms with Crippen molar-refractivity contribution in [2.24, 2.45) is 0 Å². The van der Waals surface area contributed by atoms with Crippen molar-refractivity contribution in [1.29, 1.82) is 0 Å². The molecular weight excluding hydrogens is 306 g/mol. The van der Waals surface area contributed by atoms with Crippen LogP contribution in [-0.2, 0) is 11.3 Å². The maximum atomic E-state index is 12.6. The van der Waals surface area contributed by atoms with E-state index in [0.717, 1.165) is 11.1 Å². The molecule has 3 aromatic rings. The molecule has 0 bridgehead atoms. The van der Waals surface area contributed by atoms with Crippen LogP contribution in [0.4, 0.5) is 0 Å². The van der Waals surface area contributed by atoms with E-state index in [9.17, 15) is 9.59 Å². The fraction of sp³-hybridized carbons (Fsp3) is 0.158. The number of ether oxygens (including phenoxy) is 2. The predicted octanol–water partition coefficient (Wildman–Crippen LogP) is 2.87. The van der Waals surface area contributed by atoms with Crippen LogP contribution in [0.1, 0.15) is 10.4 Å². The van der Waals surface area contributed by atoms with E-state index in [0.29, 0.717) is 24.1 Å². The first-order valence-electron chi connectivity index (χ1n) is 7.58. The number of carbonyl (C=O) groups excluding carboxylic acids is 1. The van der Waals surface area contributed by atoms with Gasteiger partial charge in [0.15, 0.2) is 0 Å². The van der Waals surface area contributed by atoms with Crippen molar-refractivity contribution < 1.29 is 14.3 Å². The van der Waals surface area contributed by atoms with Gasteiger partial charge in [-0.2, -0.15) is 0 Å². The van der Waals surface area contributed by atoms with Crippen LogP contribution in [0.3, 0.4) is 0 Å². The number of benzene rings is 2. The topological polar surface area (TPSA) is 57.5 Å². The van der Waals surface area contributed by atoms with Crippen molar-refractivity contribution in [1.82, 2.24) is 4.57 Å². The molecule has 0 saturated carbocycles. The predicted molar refractivity (Wildman–Crippen MR) is 91.5 cm³/mol. The fourth-order valence-electron chi connectivity index (χ4n) is 2.48. The third-order valence-corrected chi connectivity index (χ3v) is 3.74. The number of pyridine rings is 1. The van der Waals surface area contributed by atoms with Crippen LogP contribution in [0.2, 0.25) is 0 Å². The lowest BCUT2D eigenvalue weighted by molar-refractivity contribution is 0.0601. The monoisotopic (exact) mass is 323 g/mol. The minimum Gasteiger partial charge on any atom is -0.492 e. The molecule has 5 heteroatoms. The molecule has 0 unspecified atom stereocenters. The Bertz CT molecular complexity index is 916. The van der Waals surface area contributed by atoms with Crippen LogP contribution in [0.15, 0.2) is 65.6 Å². The smallest absolute Gasteiger partial charge is 0.337 e. The summed E-state index contributed by atoms with van der Waals surface area (Å²) in [6.07, 6.45) is 1.73. The first-order chi connectivity index (χ1) is 11.7. The lowest BCUT2D eigenvalue weighted by Gasteiger charge is -2.09. The van der Waals surface area contributed by atoms with Gasteiger partial charge in [0.25, 0.3) is 5.56 Å². The van der Waals surface area contributed by atoms with E-state index in [1.807, 2.05) is 36.4 Å². The zero-order chi connectivity index (χ0) is 16.9. The number of hydrogen-bond donors (Lipinski definition) is 0. The fourth-order valence-corrected chi connectivity index (χ4v) is 2.48. The Morgan fingerprint density at radius 1 is 1.08 bits per heavy atom. The molecule has 0 aliphatic carbocycles. The third-order valence-electron chi connectivity index (χ3n) is 3.74. The summed E-state index contributed by atoms with van der Waals surface area (Å²) in [5.41, 5.74) is 0.204. The quantitative estimate of drug-likeness (QED) is 0.678. The number of rotatable bonds is 5. The standard InChI is InChI=1S/C19H17NO4/c1-23-19(22)15-8-7-14-9-10-20(18(21)17(14)13-15)11-12-24-16-5-3-2-4-6-16/h2-10,13H,11-12H2,1H3. The van der Waals surface area contributed by atoms with E-state index >= 15 is 0 Å². The molecule has 2 aromatic carbocycles. The first-order valence-corrected chi connectivity index (χ1v) is 7.58. The summed E-state index contributed by atoms with van der Waals surface area (Å²) in [5, 5.41) is 1.27. The molecule has 1 heterocycles. The highest BCUT2D eigenvalue weighted by Gasteiger charge is 2.09. The Balaban J connectivity index is 1.82. The Kier molecular flexibility index (Phi) is 4.61. The highest BCUT2D eigenvalue weighted by molar-refractivity contribution is 5.95. The number of para-hydroxylation sites is 1. The van der Waals surface area contributed by atoms with E-state index in [1.165, 1.54) is 7.11 Å². The third kappa shape index (κ3) is 3.30. The SMILES string of the molecule is COC(=O)c1ccc2ccn(CCOc3ccccc3)c(=O)c2c1. The lowest BCUT2D eigenvalue weighted by Crippen LogP contribution is -2.22. The molecule has 24 heavy (non-hydrogen) atoms. The molecule has 3 rings (SSSR count). The minimum absolute atomic E-state index is 0.157. The van der Waals surface area contributed by atoms with E-state index in [1.54, 1.807) is 29.0 Å². The average Bonchev–Trinajstić information content (AvgIpc) is 2.63. The van der Waals surface area contributed by atoms with Gasteiger partial charge in [0.2, 0.25) is 0 Å². The van der Waals surface area contributed by atoms with Crippen LogP contribution < -0.4 is 10.3 Å². The zero-order valence-corrected chi connectivity index (χ0v) is 13.3. The van der Waals surface area contributed by atoms with Gasteiger partial charge in [-0.3, -0.25) is 4.79 Å². The van der Waals surface area contributed by atoms with Crippen molar-refractivity contribution in [3.63, 3.8) is 0 Å². The molecule has 0 radical (unpaired) electrons. The van der Waals surface area contributed by atoms with Crippen molar-refractivity contribution in [2.75, 3.05) is 13.7 Å². The van der Waals surface area contributed by atoms with Crippen molar-refractivity contribution in [3.8, 4) is 5.75 Å². The van der Waals surface area contributed by atoms with Gasteiger partial charge in [0.05, 0.1) is 19.2 Å². The molecule has 0 spiro atoms. The first kappa shape index (κ1) is 15.8. The molecule has 0 aliphatic heterocycles. The zero-order valence-electron chi connectivity index (χ0n) is 13.3. The minimum atomic E-state index is -0.459. The summed E-state index contributed by atoms with van der Waals surface area (Å²) in [5.74, 6) is 0.304. The van der Waals surface area contributed by atoms with Crippen LogP contribution in [0.25, 0.3) is 10.8 Å². The van der Waals surface area contributed by atoms with Gasteiger partial charge < -0.3 is 14.0 Å². The van der Waals surface area contributed by atoms with Gasteiger partial charge >= 0.3 is 5.97 Å². The molecule has 0 fully saturated rings. The van der Waals surface area contributed by atoms with E-state index in [2.05, 4.69) is 0 Å². The summed E-state index contributed by atoms with van der Waals surface area (Å²) in [6, 6.07) is 16.2. The molecule has 122 valence electrons. The molecule has 0 atom stereocenters. The van der Waals surface area contributed by atoms with Gasteiger partial charge in [0.1, 0.15) is 12.4 Å². The number of esters is 1. The van der Waals surface area contributed by atoms with E-state index in [4.69, 9.17) is 9.47 Å². The Morgan fingerprint density at radius 3 is 2.62 bits per heavy atom. The van der Waals surface area contributed by atoms with Gasteiger partial charge in [-0.25, -0.2) is 4.79 Å². The second-order valence-corrected chi connectivity index (χ2v) is 5.27. The number of aromatic nitrogens is 1. The summed E-state index contributed by atoms with van der Waals surface area (Å²) in [4.78, 5) is 24.2. The Labute approximate surface area is 139 Å². The number of hydrogen-bond acceptors (Lipinski definition) is 4. The van der Waals surface area contributed by atoms with Gasteiger partial charge in [0, 0.05) is 11.6 Å². The number of methoxy groups -OCH3 is 1. The number of nitrogens with zero attached hydrogens (tertiary/aromatic N) is 1. The van der Waals surface area contributed by atoms with E-state index < -0.39 is 5.97 Å². The van der Waals surface area contributed by atoms with Crippen LogP contribution in [0.5, 0.6) is 5.75 Å². The molecule has 0 saturated heterocycles. The molecular formula is C19H17NO4. The lowest BCUT2D eigenvalue weighted by atomic mass is 10.1.